The molecule has 0 aromatic heterocycles. The minimum Gasteiger partial charge on any atom is -0.392 e. The summed E-state index contributed by atoms with van der Waals surface area (Å²) in [5.41, 5.74) is 3.83. The van der Waals surface area contributed by atoms with Crippen molar-refractivity contribution in [2.45, 2.75) is 43.2 Å². The Bertz CT molecular complexity index is 1210. The van der Waals surface area contributed by atoms with Crippen LogP contribution in [0.2, 0.25) is 0 Å². The van der Waals surface area contributed by atoms with Gasteiger partial charge in [0.2, 0.25) is 15.9 Å². The first-order valence-corrected chi connectivity index (χ1v) is 12.9. The maximum absolute atomic E-state index is 13.0. The van der Waals surface area contributed by atoms with E-state index in [0.717, 1.165) is 11.1 Å². The summed E-state index contributed by atoms with van der Waals surface area (Å²) in [6, 6.07) is 18.3. The normalized spacial score (nSPS) is 17.3. The summed E-state index contributed by atoms with van der Waals surface area (Å²) < 4.78 is 32.9. The topological polar surface area (TPSA) is 112 Å². The highest BCUT2D eigenvalue weighted by Crippen LogP contribution is 2.34. The molecule has 4 rings (SSSR count). The molecule has 2 aliphatic heterocycles. The zero-order valence-electron chi connectivity index (χ0n) is 19.5. The van der Waals surface area contributed by atoms with Crippen LogP contribution in [-0.4, -0.2) is 49.0 Å². The minimum absolute atomic E-state index is 0.167. The molecule has 2 heterocycles. The van der Waals surface area contributed by atoms with E-state index in [1.165, 1.54) is 9.21 Å². The number of hydroxylamine groups is 1. The van der Waals surface area contributed by atoms with Gasteiger partial charge in [0.15, 0.2) is 0 Å². The number of benzene rings is 2. The van der Waals surface area contributed by atoms with Crippen molar-refractivity contribution in [1.29, 1.82) is 5.26 Å². The first kappa shape index (κ1) is 24.7. The van der Waals surface area contributed by atoms with Gasteiger partial charge in [0.25, 0.3) is 0 Å². The van der Waals surface area contributed by atoms with E-state index < -0.39 is 21.7 Å². The first-order chi connectivity index (χ1) is 16.8. The Morgan fingerprint density at radius 2 is 1.86 bits per heavy atom. The van der Waals surface area contributed by atoms with Crippen molar-refractivity contribution in [2.24, 2.45) is 0 Å². The quantitative estimate of drug-likeness (QED) is 0.625. The lowest BCUT2D eigenvalue weighted by Crippen LogP contribution is -2.46. The van der Waals surface area contributed by atoms with E-state index in [2.05, 4.69) is 11.5 Å². The third-order valence-electron chi connectivity index (χ3n) is 6.14. The number of carbonyl (C=O) groups excluding carboxylic acids is 1. The molecule has 0 atom stereocenters. The van der Waals surface area contributed by atoms with Crippen LogP contribution in [0.1, 0.15) is 30.4 Å². The van der Waals surface area contributed by atoms with Crippen LogP contribution in [-0.2, 0) is 26.1 Å². The Labute approximate surface area is 205 Å². The molecular weight excluding hydrogens is 468 g/mol. The molecule has 1 amide bonds. The summed E-state index contributed by atoms with van der Waals surface area (Å²) in [6.07, 6.45) is 2.11. The smallest absolute Gasteiger partial charge is 0.392 e. The van der Waals surface area contributed by atoms with E-state index in [0.29, 0.717) is 19.4 Å². The van der Waals surface area contributed by atoms with E-state index in [1.807, 2.05) is 37.3 Å². The number of hydrogen-bond donors (Lipinski definition) is 1. The number of nitrogens with zero attached hydrogens (tertiary/aromatic N) is 3. The molecule has 1 saturated heterocycles. The minimum atomic E-state index is -3.59. The lowest BCUT2D eigenvalue weighted by atomic mass is 9.93. The molecule has 0 radical (unpaired) electrons. The summed E-state index contributed by atoms with van der Waals surface area (Å²) in [4.78, 5) is 20.3. The number of ether oxygens (including phenoxy) is 1. The van der Waals surface area contributed by atoms with Gasteiger partial charge in [-0.3, -0.25) is 4.84 Å². The zero-order valence-corrected chi connectivity index (χ0v) is 20.3. The average Bonchev–Trinajstić information content (AvgIpc) is 3.24. The second kappa shape index (κ2) is 10.5. The summed E-state index contributed by atoms with van der Waals surface area (Å²) in [7, 11) is -3.59. The molecule has 9 nitrogen and oxygen atoms in total. The van der Waals surface area contributed by atoms with Gasteiger partial charge in [-0.05, 0) is 37.5 Å². The molecule has 2 aromatic rings. The predicted molar refractivity (Wildman–Crippen MR) is 128 cm³/mol. The van der Waals surface area contributed by atoms with Crippen molar-refractivity contribution in [3.63, 3.8) is 0 Å². The highest BCUT2D eigenvalue weighted by atomic mass is 32.2. The maximum Gasteiger partial charge on any atom is 0.416 e. The summed E-state index contributed by atoms with van der Waals surface area (Å²) in [6.45, 7) is 3.00. The second-order valence-electron chi connectivity index (χ2n) is 8.68. The lowest BCUT2D eigenvalue weighted by Gasteiger charge is -2.35. The Kier molecular flexibility index (Phi) is 7.40. The van der Waals surface area contributed by atoms with Crippen LogP contribution in [0.4, 0.5) is 4.79 Å². The molecule has 1 spiro atoms. The van der Waals surface area contributed by atoms with Crippen molar-refractivity contribution < 1.29 is 22.8 Å². The van der Waals surface area contributed by atoms with Gasteiger partial charge in [-0.1, -0.05) is 48.0 Å². The van der Waals surface area contributed by atoms with Crippen molar-refractivity contribution in [2.75, 3.05) is 19.6 Å². The number of amides is 1. The first-order valence-electron chi connectivity index (χ1n) is 11.4. The molecule has 0 saturated carbocycles. The summed E-state index contributed by atoms with van der Waals surface area (Å²) >= 11 is 0. The van der Waals surface area contributed by atoms with Crippen molar-refractivity contribution in [3.05, 3.63) is 77.7 Å². The molecule has 2 aromatic carbocycles. The molecule has 2 aliphatic rings. The Morgan fingerprint density at radius 3 is 2.51 bits per heavy atom. The van der Waals surface area contributed by atoms with E-state index >= 15 is 0 Å². The van der Waals surface area contributed by atoms with Gasteiger partial charge in [0.05, 0.1) is 17.4 Å². The number of nitriles is 1. The SMILES string of the molecule is Cc1ccc(S(=O)(=O)N2CCC3(C=C(OC(=O)N(CCC#N)Cc4ccccc4)NO3)CC2)cc1. The van der Waals surface area contributed by atoms with Gasteiger partial charge in [0.1, 0.15) is 5.60 Å². The van der Waals surface area contributed by atoms with Gasteiger partial charge in [-0.25, -0.2) is 18.7 Å². The van der Waals surface area contributed by atoms with Crippen molar-refractivity contribution in [1.82, 2.24) is 14.7 Å². The fraction of sp³-hybridized carbons (Fsp3) is 0.360. The molecular formula is C25H28N4O5S. The van der Waals surface area contributed by atoms with Crippen LogP contribution in [0.3, 0.4) is 0 Å². The van der Waals surface area contributed by atoms with Gasteiger partial charge in [-0.15, -0.1) is 0 Å². The average molecular weight is 497 g/mol. The van der Waals surface area contributed by atoms with Gasteiger partial charge in [0, 0.05) is 32.3 Å². The van der Waals surface area contributed by atoms with Crippen LogP contribution < -0.4 is 5.48 Å². The number of aryl methyl sites for hydroxylation is 1. The summed E-state index contributed by atoms with van der Waals surface area (Å²) in [5, 5.41) is 8.96. The van der Waals surface area contributed by atoms with E-state index in [9.17, 15) is 13.2 Å². The molecule has 184 valence electrons. The Morgan fingerprint density at radius 1 is 1.17 bits per heavy atom. The number of rotatable bonds is 7. The molecule has 1 fully saturated rings. The molecule has 0 bridgehead atoms. The maximum atomic E-state index is 13.0. The van der Waals surface area contributed by atoms with E-state index in [-0.39, 0.29) is 36.8 Å². The summed E-state index contributed by atoms with van der Waals surface area (Å²) in [5.74, 6) is 0.167. The van der Waals surface area contributed by atoms with E-state index in [1.54, 1.807) is 30.3 Å². The van der Waals surface area contributed by atoms with Crippen molar-refractivity contribution >= 4 is 16.1 Å². The zero-order chi connectivity index (χ0) is 24.9. The van der Waals surface area contributed by atoms with Gasteiger partial charge < -0.3 is 9.64 Å². The van der Waals surface area contributed by atoms with Crippen LogP contribution in [0.25, 0.3) is 0 Å². The van der Waals surface area contributed by atoms with Crippen LogP contribution in [0.15, 0.2) is 71.5 Å². The fourth-order valence-corrected chi connectivity index (χ4v) is 5.53. The Hall–Kier alpha value is -3.39. The largest absolute Gasteiger partial charge is 0.416 e. The number of nitrogens with one attached hydrogen (secondary N) is 1. The van der Waals surface area contributed by atoms with Gasteiger partial charge >= 0.3 is 6.09 Å². The van der Waals surface area contributed by atoms with Gasteiger partial charge in [-0.2, -0.15) is 9.57 Å². The Balaban J connectivity index is 1.38. The second-order valence-corrected chi connectivity index (χ2v) is 10.6. The molecule has 10 heteroatoms. The number of carbonyl (C=O) groups is 1. The molecule has 0 unspecified atom stereocenters. The number of hydrogen-bond acceptors (Lipinski definition) is 7. The van der Waals surface area contributed by atoms with Crippen molar-refractivity contribution in [3.8, 4) is 6.07 Å². The molecule has 1 N–H and O–H groups in total. The highest BCUT2D eigenvalue weighted by molar-refractivity contribution is 7.89. The predicted octanol–water partition coefficient (Wildman–Crippen LogP) is 3.45. The van der Waals surface area contributed by atoms with Crippen LogP contribution >= 0.6 is 0 Å². The third-order valence-corrected chi connectivity index (χ3v) is 8.05. The van der Waals surface area contributed by atoms with Crippen LogP contribution in [0.5, 0.6) is 0 Å². The highest BCUT2D eigenvalue weighted by Gasteiger charge is 2.42. The molecule has 0 aliphatic carbocycles. The monoisotopic (exact) mass is 496 g/mol. The fourth-order valence-electron chi connectivity index (χ4n) is 4.09. The van der Waals surface area contributed by atoms with Crippen LogP contribution in [0, 0.1) is 18.3 Å². The molecule has 35 heavy (non-hydrogen) atoms. The number of sulfonamides is 1. The lowest BCUT2D eigenvalue weighted by molar-refractivity contribution is -0.0736. The standard InChI is InChI=1S/C25H28N4O5S/c1-20-8-10-22(11-9-20)35(31,32)29-16-12-25(13-17-29)18-23(27-34-25)33-24(30)28(15-5-14-26)19-21-6-3-2-4-7-21/h2-4,6-11,18,27H,5,12-13,15-17,19H2,1H3. The van der Waals surface area contributed by atoms with E-state index in [4.69, 9.17) is 14.8 Å². The third kappa shape index (κ3) is 5.82. The number of piperidine rings is 1.